The third-order valence-electron chi connectivity index (χ3n) is 5.71. The van der Waals surface area contributed by atoms with E-state index in [0.717, 1.165) is 34.3 Å². The highest BCUT2D eigenvalue weighted by molar-refractivity contribution is 7.25. The third-order valence-corrected chi connectivity index (χ3v) is 7.66. The van der Waals surface area contributed by atoms with Crippen LogP contribution in [0, 0.1) is 0 Å². The zero-order valence-electron chi connectivity index (χ0n) is 17.2. The van der Waals surface area contributed by atoms with E-state index in [1.165, 1.54) is 50.3 Å². The molecule has 158 valence electrons. The van der Waals surface area contributed by atoms with Gasteiger partial charge in [0.25, 0.3) is 5.56 Å². The lowest BCUT2D eigenvalue weighted by Gasteiger charge is -2.22. The Bertz CT molecular complexity index is 1570. The lowest BCUT2D eigenvalue weighted by Crippen LogP contribution is -2.16. The summed E-state index contributed by atoms with van der Waals surface area (Å²) in [5.41, 5.74) is 6.37. The molecule has 0 aliphatic heterocycles. The lowest BCUT2D eigenvalue weighted by molar-refractivity contribution is 0.340. The molecule has 4 aromatic heterocycles. The van der Waals surface area contributed by atoms with Crippen molar-refractivity contribution < 1.29 is 4.74 Å². The first kappa shape index (κ1) is 19.3. The van der Waals surface area contributed by atoms with Crippen molar-refractivity contribution in [1.29, 1.82) is 0 Å². The maximum absolute atomic E-state index is 13.1. The predicted molar refractivity (Wildman–Crippen MR) is 131 cm³/mol. The predicted octanol–water partition coefficient (Wildman–Crippen LogP) is 5.33. The smallest absolute Gasteiger partial charge is 0.292 e. The maximum atomic E-state index is 13.1. The van der Waals surface area contributed by atoms with E-state index >= 15 is 0 Å². The molecule has 0 bridgehead atoms. The Morgan fingerprint density at radius 2 is 2.12 bits per heavy atom. The number of nitrogens with zero attached hydrogens (tertiary/aromatic N) is 4. The minimum Gasteiger partial charge on any atom is -0.482 e. The summed E-state index contributed by atoms with van der Waals surface area (Å²) in [5.74, 6) is 0. The number of hydrogen-bond acceptors (Lipinski definition) is 7. The van der Waals surface area contributed by atoms with Crippen LogP contribution in [0.2, 0.25) is 0 Å². The minimum absolute atomic E-state index is 0.218. The van der Waals surface area contributed by atoms with Crippen LogP contribution in [0.15, 0.2) is 58.0 Å². The van der Waals surface area contributed by atoms with E-state index in [1.54, 1.807) is 11.3 Å². The van der Waals surface area contributed by atoms with Gasteiger partial charge in [0.2, 0.25) is 0 Å². The summed E-state index contributed by atoms with van der Waals surface area (Å²) < 4.78 is 6.91. The van der Waals surface area contributed by atoms with Crippen molar-refractivity contribution in [2.24, 2.45) is 5.10 Å². The Kier molecular flexibility index (Phi) is 4.62. The molecule has 8 heteroatoms. The molecule has 6 nitrogen and oxygen atoms in total. The molecule has 0 amide bonds. The molecule has 0 spiro atoms. The van der Waals surface area contributed by atoms with Crippen LogP contribution in [0.1, 0.15) is 18.1 Å². The van der Waals surface area contributed by atoms with Crippen LogP contribution in [0.5, 0.6) is 0 Å². The van der Waals surface area contributed by atoms with Gasteiger partial charge in [-0.25, -0.2) is 9.97 Å². The van der Waals surface area contributed by atoms with E-state index in [4.69, 9.17) is 9.72 Å². The van der Waals surface area contributed by atoms with Gasteiger partial charge in [0.15, 0.2) is 6.40 Å². The molecule has 6 rings (SSSR count). The van der Waals surface area contributed by atoms with Crippen molar-refractivity contribution in [3.8, 4) is 21.7 Å². The van der Waals surface area contributed by atoms with Crippen LogP contribution in [-0.4, -0.2) is 27.7 Å². The average Bonchev–Trinajstić information content (AvgIpc) is 3.48. The van der Waals surface area contributed by atoms with E-state index in [0.29, 0.717) is 16.8 Å². The van der Waals surface area contributed by atoms with Gasteiger partial charge in [0, 0.05) is 21.4 Å². The molecule has 0 fully saturated rings. The first-order valence-electron chi connectivity index (χ1n) is 10.4. The summed E-state index contributed by atoms with van der Waals surface area (Å²) in [6.07, 6.45) is 4.62. The lowest BCUT2D eigenvalue weighted by atomic mass is 9.85. The van der Waals surface area contributed by atoms with Gasteiger partial charge in [-0.05, 0) is 42.3 Å². The van der Waals surface area contributed by atoms with E-state index in [-0.39, 0.29) is 5.56 Å². The first-order chi connectivity index (χ1) is 15.8. The van der Waals surface area contributed by atoms with Crippen molar-refractivity contribution in [1.82, 2.24) is 14.6 Å². The second-order valence-corrected chi connectivity index (χ2v) is 9.43. The van der Waals surface area contributed by atoms with Gasteiger partial charge in [-0.2, -0.15) is 4.68 Å². The molecule has 0 saturated carbocycles. The monoisotopic (exact) mass is 458 g/mol. The average molecular weight is 459 g/mol. The number of benzene rings is 1. The molecule has 0 saturated heterocycles. The van der Waals surface area contributed by atoms with Gasteiger partial charge in [-0.1, -0.05) is 30.3 Å². The fraction of sp³-hybridized carbons (Fsp3) is 0.167. The van der Waals surface area contributed by atoms with Crippen LogP contribution in [-0.2, 0) is 17.6 Å². The molecule has 0 unspecified atom stereocenters. The fourth-order valence-corrected chi connectivity index (χ4v) is 6.19. The van der Waals surface area contributed by atoms with Crippen LogP contribution in [0.3, 0.4) is 0 Å². The van der Waals surface area contributed by atoms with Crippen molar-refractivity contribution in [3.05, 3.63) is 69.6 Å². The zero-order valence-corrected chi connectivity index (χ0v) is 18.9. The van der Waals surface area contributed by atoms with E-state index in [2.05, 4.69) is 51.9 Å². The van der Waals surface area contributed by atoms with Gasteiger partial charge >= 0.3 is 0 Å². The molecule has 1 aromatic carbocycles. The minimum atomic E-state index is -0.218. The SMILES string of the molecule is CCO/C=N/n1cnc2c(sc3nc4c(c(-c5cccs5)c32)CCc2ccccc2-4)c1=O. The molecule has 0 N–H and O–H groups in total. The number of aryl methyl sites for hydroxylation is 1. The number of pyridine rings is 1. The van der Waals surface area contributed by atoms with Crippen molar-refractivity contribution >= 4 is 49.5 Å². The molecule has 4 heterocycles. The summed E-state index contributed by atoms with van der Waals surface area (Å²) in [6, 6.07) is 12.7. The topological polar surface area (TPSA) is 69.4 Å². The van der Waals surface area contributed by atoms with Crippen LogP contribution in [0.4, 0.5) is 0 Å². The highest BCUT2D eigenvalue weighted by Gasteiger charge is 2.26. The molecule has 1 aliphatic rings. The molecule has 32 heavy (non-hydrogen) atoms. The van der Waals surface area contributed by atoms with Crippen LogP contribution >= 0.6 is 22.7 Å². The molecule has 1 aliphatic carbocycles. The molecular weight excluding hydrogens is 440 g/mol. The van der Waals surface area contributed by atoms with Crippen molar-refractivity contribution in [2.75, 3.05) is 6.61 Å². The summed E-state index contributed by atoms with van der Waals surface area (Å²) in [6.45, 7) is 2.35. The Hall–Kier alpha value is -3.36. The van der Waals surface area contributed by atoms with E-state index < -0.39 is 0 Å². The largest absolute Gasteiger partial charge is 0.482 e. The quantitative estimate of drug-likeness (QED) is 0.270. The first-order valence-corrected chi connectivity index (χ1v) is 12.1. The van der Waals surface area contributed by atoms with Gasteiger partial charge in [-0.3, -0.25) is 4.79 Å². The van der Waals surface area contributed by atoms with E-state index in [1.807, 2.05) is 6.92 Å². The number of hydrogen-bond donors (Lipinski definition) is 0. The van der Waals surface area contributed by atoms with Gasteiger partial charge in [0.05, 0.1) is 17.8 Å². The van der Waals surface area contributed by atoms with Crippen molar-refractivity contribution in [2.45, 2.75) is 19.8 Å². The summed E-state index contributed by atoms with van der Waals surface area (Å²) in [7, 11) is 0. The van der Waals surface area contributed by atoms with Gasteiger partial charge < -0.3 is 4.74 Å². The maximum Gasteiger partial charge on any atom is 0.292 e. The fourth-order valence-electron chi connectivity index (χ4n) is 4.32. The highest BCUT2D eigenvalue weighted by atomic mass is 32.1. The number of ether oxygens (including phenoxy) is 1. The number of rotatable bonds is 4. The summed E-state index contributed by atoms with van der Waals surface area (Å²) in [5, 5.41) is 7.13. The number of aromatic nitrogens is 3. The Morgan fingerprint density at radius 3 is 2.97 bits per heavy atom. The van der Waals surface area contributed by atoms with Gasteiger partial charge in [-0.15, -0.1) is 27.8 Å². The second-order valence-electron chi connectivity index (χ2n) is 7.48. The molecule has 0 radical (unpaired) electrons. The van der Waals surface area contributed by atoms with Crippen LogP contribution in [0.25, 0.3) is 42.1 Å². The molecule has 0 atom stereocenters. The normalized spacial score (nSPS) is 13.0. The second kappa shape index (κ2) is 7.65. The Balaban J connectivity index is 1.70. The number of thiophene rings is 2. The van der Waals surface area contributed by atoms with Crippen molar-refractivity contribution in [3.63, 3.8) is 0 Å². The Morgan fingerprint density at radius 1 is 1.22 bits per heavy atom. The standard InChI is InChI=1S/C24H18N4O2S2/c1-2-30-13-26-28-12-25-21-19-18(17-8-5-11-31-17)16-10-9-14-6-3-4-7-15(14)20(16)27-23(19)32-22(21)24(28)29/h3-8,11-13H,2,9-10H2,1H3/b26-13+. The van der Waals surface area contributed by atoms with E-state index in [9.17, 15) is 4.79 Å². The van der Waals surface area contributed by atoms with Crippen LogP contribution < -0.4 is 5.56 Å². The highest BCUT2D eigenvalue weighted by Crippen LogP contribution is 2.46. The van der Waals surface area contributed by atoms with Gasteiger partial charge in [0.1, 0.15) is 15.9 Å². The third kappa shape index (κ3) is 2.91. The molecule has 5 aromatic rings. The number of fused-ring (bicyclic) bond motifs is 6. The Labute approximate surface area is 191 Å². The zero-order chi connectivity index (χ0) is 21.7. The summed E-state index contributed by atoms with van der Waals surface area (Å²) in [4.78, 5) is 24.9. The summed E-state index contributed by atoms with van der Waals surface area (Å²) >= 11 is 3.09. The molecular formula is C24H18N4O2S2.